The highest BCUT2D eigenvalue weighted by atomic mass is 32.2. The van der Waals surface area contributed by atoms with E-state index in [4.69, 9.17) is 11.1 Å². The smallest absolute Gasteiger partial charge is 0.242 e. The Morgan fingerprint density at radius 3 is 2.20 bits per heavy atom. The maximum Gasteiger partial charge on any atom is 0.242 e. The van der Waals surface area contributed by atoms with Gasteiger partial charge in [-0.3, -0.25) is 15.0 Å². The third-order valence-corrected chi connectivity index (χ3v) is 6.56. The van der Waals surface area contributed by atoms with Crippen LogP contribution >= 0.6 is 0 Å². The van der Waals surface area contributed by atoms with Gasteiger partial charge in [0.25, 0.3) is 0 Å². The van der Waals surface area contributed by atoms with Gasteiger partial charge in [-0.15, -0.1) is 0 Å². The summed E-state index contributed by atoms with van der Waals surface area (Å²) in [5.41, 5.74) is 7.33. The van der Waals surface area contributed by atoms with E-state index in [1.165, 1.54) is 0 Å². The van der Waals surface area contributed by atoms with Crippen LogP contribution in [0.15, 0.2) is 54.6 Å². The zero-order chi connectivity index (χ0) is 26.0. The van der Waals surface area contributed by atoms with E-state index in [0.717, 1.165) is 5.56 Å². The Balaban J connectivity index is 0.00000648. The Labute approximate surface area is 207 Å². The van der Waals surface area contributed by atoms with Crippen molar-refractivity contribution in [1.82, 2.24) is 15.4 Å². The molecule has 0 saturated heterocycles. The normalized spacial score (nSPS) is 13.1. The summed E-state index contributed by atoms with van der Waals surface area (Å²) in [4.78, 5) is 25.7. The highest BCUT2D eigenvalue weighted by Gasteiger charge is 2.30. The summed E-state index contributed by atoms with van der Waals surface area (Å²) in [6.07, 6.45) is -0.0393. The topological polar surface area (TPSA) is 174 Å². The van der Waals surface area contributed by atoms with Gasteiger partial charge in [0, 0.05) is 20.1 Å². The second-order valence-corrected chi connectivity index (χ2v) is 10.2. The van der Waals surface area contributed by atoms with Crippen LogP contribution in [0.2, 0.25) is 0 Å². The van der Waals surface area contributed by atoms with E-state index in [0.29, 0.717) is 11.1 Å². The number of nitrogens with two attached hydrogens (primary N) is 1. The fourth-order valence-corrected chi connectivity index (χ4v) is 4.78. The summed E-state index contributed by atoms with van der Waals surface area (Å²) >= 11 is 0. The van der Waals surface area contributed by atoms with E-state index in [1.807, 2.05) is 0 Å². The molecule has 0 fully saturated rings. The molecule has 0 saturated carbocycles. The molecule has 7 N–H and O–H groups in total. The lowest BCUT2D eigenvalue weighted by molar-refractivity contribution is -0.130. The first-order chi connectivity index (χ1) is 16.5. The van der Waals surface area contributed by atoms with Gasteiger partial charge in [0.15, 0.2) is 0 Å². The van der Waals surface area contributed by atoms with Crippen LogP contribution in [0.3, 0.4) is 0 Å². The molecular formula is C24H35N5O5S. The Morgan fingerprint density at radius 2 is 1.66 bits per heavy atom. The second-order valence-electron chi connectivity index (χ2n) is 8.49. The largest absolute Gasteiger partial charge is 0.396 e. The van der Waals surface area contributed by atoms with Crippen LogP contribution in [-0.2, 0) is 31.9 Å². The predicted octanol–water partition coefficient (Wildman–Crippen LogP) is 0.844. The molecule has 0 aliphatic carbocycles. The Kier molecular flexibility index (Phi) is 10.4. The summed E-state index contributed by atoms with van der Waals surface area (Å²) in [6, 6.07) is 13.2. The molecule has 0 spiro atoms. The van der Waals surface area contributed by atoms with Crippen molar-refractivity contribution < 1.29 is 24.5 Å². The van der Waals surface area contributed by atoms with Crippen LogP contribution < -0.4 is 21.1 Å². The molecule has 2 aromatic rings. The van der Waals surface area contributed by atoms with Crippen LogP contribution in [0.25, 0.3) is 0 Å². The molecule has 0 aliphatic heterocycles. The molecule has 2 amide bonds. The number of hydrogen-bond donors (Lipinski definition) is 6. The van der Waals surface area contributed by atoms with Crippen LogP contribution in [-0.4, -0.2) is 49.9 Å². The van der Waals surface area contributed by atoms with Crippen LogP contribution in [0, 0.1) is 11.3 Å². The zero-order valence-electron chi connectivity index (χ0n) is 19.8. The van der Waals surface area contributed by atoms with Crippen LogP contribution in [0.4, 0.5) is 0 Å². The number of amides is 2. The summed E-state index contributed by atoms with van der Waals surface area (Å²) in [5, 5.41) is 22.1. The number of aliphatic hydroxyl groups excluding tert-OH is 1. The van der Waals surface area contributed by atoms with Crippen molar-refractivity contribution in [3.63, 3.8) is 0 Å². The van der Waals surface area contributed by atoms with Crippen molar-refractivity contribution in [2.45, 2.75) is 44.6 Å². The minimum Gasteiger partial charge on any atom is -0.396 e. The molecule has 0 radical (unpaired) electrons. The monoisotopic (exact) mass is 505 g/mol. The van der Waals surface area contributed by atoms with Crippen LogP contribution in [0.1, 0.15) is 38.4 Å². The van der Waals surface area contributed by atoms with E-state index < -0.39 is 39.8 Å². The zero-order valence-corrected chi connectivity index (χ0v) is 20.6. The van der Waals surface area contributed by atoms with Gasteiger partial charge in [0.2, 0.25) is 21.8 Å². The highest BCUT2D eigenvalue weighted by molar-refractivity contribution is 7.88. The molecule has 1 unspecified atom stereocenters. The molecular weight excluding hydrogens is 470 g/mol. The number of nitrogens with one attached hydrogen (secondary N) is 4. The molecule has 2 aromatic carbocycles. The number of rotatable bonds is 13. The van der Waals surface area contributed by atoms with Crippen molar-refractivity contribution in [1.29, 1.82) is 5.41 Å². The molecule has 11 heteroatoms. The lowest BCUT2D eigenvalue weighted by Gasteiger charge is -2.25. The molecule has 2 atom stereocenters. The summed E-state index contributed by atoms with van der Waals surface area (Å²) in [6.45, 7) is 3.20. The number of carbonyl (C=O) groups is 2. The molecule has 192 valence electrons. The molecule has 0 heterocycles. The number of nitrogen functional groups attached to an aromatic ring is 1. The fraction of sp³-hybridized carbons (Fsp3) is 0.375. The maximum atomic E-state index is 12.9. The van der Waals surface area contributed by atoms with E-state index in [2.05, 4.69) is 15.4 Å². The minimum atomic E-state index is -3.83. The van der Waals surface area contributed by atoms with Gasteiger partial charge in [-0.2, -0.15) is 0 Å². The van der Waals surface area contributed by atoms with E-state index in [9.17, 15) is 23.1 Å². The first-order valence-corrected chi connectivity index (χ1v) is 12.8. The Bertz CT molecular complexity index is 1110. The van der Waals surface area contributed by atoms with E-state index in [-0.39, 0.29) is 32.6 Å². The summed E-state index contributed by atoms with van der Waals surface area (Å²) < 4.78 is 27.8. The third kappa shape index (κ3) is 9.12. The third-order valence-electron chi connectivity index (χ3n) is 5.24. The first kappa shape index (κ1) is 28.0. The van der Waals surface area contributed by atoms with E-state index >= 15 is 0 Å². The van der Waals surface area contributed by atoms with Gasteiger partial charge in [0.1, 0.15) is 17.9 Å². The van der Waals surface area contributed by atoms with Crippen molar-refractivity contribution in [3.8, 4) is 0 Å². The minimum absolute atomic E-state index is 0. The maximum absolute atomic E-state index is 12.9. The first-order valence-electron chi connectivity index (χ1n) is 11.2. The lowest BCUT2D eigenvalue weighted by Crippen LogP contribution is -2.55. The van der Waals surface area contributed by atoms with Crippen LogP contribution in [0.5, 0.6) is 0 Å². The van der Waals surface area contributed by atoms with Crippen molar-refractivity contribution in [2.24, 2.45) is 11.7 Å². The van der Waals surface area contributed by atoms with Crippen molar-refractivity contribution in [2.75, 3.05) is 6.61 Å². The predicted molar refractivity (Wildman–Crippen MR) is 136 cm³/mol. The standard InChI is InChI=1S/C24H33N5O5S.H2/c1-16(2)21(29-35(33,34)15-18-6-4-3-5-7-18)24(32)28-20(12-13-30)23(31)27-14-17-8-10-19(11-9-17)22(25)26;/h3-11,16,20-21,29-30H,12-15H2,1-2H3,(H3,25,26)(H,27,31)(H,28,32);1H/t20?,21-;/m1./s1. The van der Waals surface area contributed by atoms with Gasteiger partial charge < -0.3 is 21.5 Å². The van der Waals surface area contributed by atoms with Crippen molar-refractivity contribution >= 4 is 27.7 Å². The van der Waals surface area contributed by atoms with E-state index in [1.54, 1.807) is 68.4 Å². The summed E-state index contributed by atoms with van der Waals surface area (Å²) in [7, 11) is -3.83. The number of amidine groups is 1. The second kappa shape index (κ2) is 13.0. The molecule has 0 bridgehead atoms. The summed E-state index contributed by atoms with van der Waals surface area (Å²) in [5.74, 6) is -1.91. The van der Waals surface area contributed by atoms with Gasteiger partial charge in [-0.1, -0.05) is 68.4 Å². The Hall–Kier alpha value is -3.28. The number of carbonyl (C=O) groups excluding carboxylic acids is 2. The number of hydrogen-bond acceptors (Lipinski definition) is 6. The Morgan fingerprint density at radius 1 is 1.03 bits per heavy atom. The number of benzene rings is 2. The van der Waals surface area contributed by atoms with Gasteiger partial charge >= 0.3 is 0 Å². The molecule has 35 heavy (non-hydrogen) atoms. The quantitative estimate of drug-likeness (QED) is 0.174. The number of aliphatic hydroxyl groups is 1. The van der Waals surface area contributed by atoms with Gasteiger partial charge in [-0.25, -0.2) is 13.1 Å². The fourth-order valence-electron chi connectivity index (χ4n) is 3.30. The average molecular weight is 506 g/mol. The van der Waals surface area contributed by atoms with Crippen molar-refractivity contribution in [3.05, 3.63) is 71.3 Å². The lowest BCUT2D eigenvalue weighted by atomic mass is 10.0. The molecule has 10 nitrogen and oxygen atoms in total. The number of sulfonamides is 1. The average Bonchev–Trinajstić information content (AvgIpc) is 2.81. The SMILES string of the molecule is CC(C)[C@@H](NS(=O)(=O)Cc1ccccc1)C(=O)NC(CCO)C(=O)NCc1ccc(C(=N)N)cc1.[HH]. The highest BCUT2D eigenvalue weighted by Crippen LogP contribution is 2.10. The van der Waals surface area contributed by atoms with Gasteiger partial charge in [0.05, 0.1) is 5.75 Å². The molecule has 0 aromatic heterocycles. The van der Waals surface area contributed by atoms with Gasteiger partial charge in [-0.05, 0) is 23.5 Å². The molecule has 2 rings (SSSR count). The molecule has 0 aliphatic rings.